The molecule has 0 aliphatic heterocycles. The van der Waals surface area contributed by atoms with Gasteiger partial charge in [0.1, 0.15) is 0 Å². The van der Waals surface area contributed by atoms with E-state index >= 15 is 0 Å². The highest BCUT2D eigenvalue weighted by molar-refractivity contribution is 9.10. The first-order chi connectivity index (χ1) is 6.85. The fraction of sp³-hybridized carbons (Fsp3) is 0.364. The van der Waals surface area contributed by atoms with Gasteiger partial charge in [-0.2, -0.15) is 0 Å². The summed E-state index contributed by atoms with van der Waals surface area (Å²) in [5, 5.41) is 18.3. The molecule has 1 atom stereocenters. The van der Waals surface area contributed by atoms with Gasteiger partial charge in [0.25, 0.3) is 0 Å². The van der Waals surface area contributed by atoms with Gasteiger partial charge in [-0.25, -0.2) is 4.79 Å². The van der Waals surface area contributed by atoms with Gasteiger partial charge in [-0.05, 0) is 17.7 Å². The second-order valence-electron chi connectivity index (χ2n) is 3.97. The molecule has 0 heterocycles. The lowest BCUT2D eigenvalue weighted by Crippen LogP contribution is -2.39. The van der Waals surface area contributed by atoms with Crippen molar-refractivity contribution in [2.24, 2.45) is 0 Å². The summed E-state index contributed by atoms with van der Waals surface area (Å²) in [5.74, 6) is -1.21. The van der Waals surface area contributed by atoms with Crippen molar-refractivity contribution in [2.45, 2.75) is 25.4 Å². The second-order valence-corrected chi connectivity index (χ2v) is 4.89. The predicted octanol–water partition coefficient (Wildman–Crippen LogP) is 2.17. The minimum Gasteiger partial charge on any atom is -0.479 e. The maximum atomic E-state index is 10.7. The molecule has 0 saturated carbocycles. The van der Waals surface area contributed by atoms with Crippen LogP contribution in [0.5, 0.6) is 0 Å². The molecule has 0 aromatic heterocycles. The van der Waals surface area contributed by atoms with E-state index in [-0.39, 0.29) is 0 Å². The SMILES string of the molecule is CC(C)(c1ccc(Br)cc1)C(O)C(=O)O. The standard InChI is InChI=1S/C11H13BrO3/c1-11(2,9(13)10(14)15)7-3-5-8(12)6-4-7/h3-6,9,13H,1-2H3,(H,14,15). The summed E-state index contributed by atoms with van der Waals surface area (Å²) in [5.41, 5.74) is -0.00685. The highest BCUT2D eigenvalue weighted by Crippen LogP contribution is 2.28. The fourth-order valence-electron chi connectivity index (χ4n) is 1.35. The van der Waals surface area contributed by atoms with E-state index in [2.05, 4.69) is 15.9 Å². The summed E-state index contributed by atoms with van der Waals surface area (Å²) in [4.78, 5) is 10.7. The molecular weight excluding hydrogens is 260 g/mol. The van der Waals surface area contributed by atoms with Crippen molar-refractivity contribution in [1.29, 1.82) is 0 Å². The van der Waals surface area contributed by atoms with Crippen molar-refractivity contribution >= 4 is 21.9 Å². The number of carboxylic acid groups (broad SMARTS) is 1. The molecular formula is C11H13BrO3. The van der Waals surface area contributed by atoms with Crippen molar-refractivity contribution in [3.63, 3.8) is 0 Å². The smallest absolute Gasteiger partial charge is 0.333 e. The normalized spacial score (nSPS) is 13.6. The molecule has 2 N–H and O–H groups in total. The summed E-state index contributed by atoms with van der Waals surface area (Å²) in [6.45, 7) is 3.41. The number of hydrogen-bond donors (Lipinski definition) is 2. The minimum absolute atomic E-state index is 0.792. The number of carboxylic acids is 1. The first kappa shape index (κ1) is 12.2. The Bertz CT molecular complexity index is 357. The predicted molar refractivity (Wildman–Crippen MR) is 60.8 cm³/mol. The van der Waals surface area contributed by atoms with E-state index in [4.69, 9.17) is 5.11 Å². The van der Waals surface area contributed by atoms with Gasteiger partial charge >= 0.3 is 5.97 Å². The molecule has 0 radical (unpaired) electrons. The molecule has 0 aliphatic carbocycles. The van der Waals surface area contributed by atoms with Crippen molar-refractivity contribution in [3.05, 3.63) is 34.3 Å². The summed E-state index contributed by atoms with van der Waals surface area (Å²) >= 11 is 3.30. The molecule has 0 amide bonds. The van der Waals surface area contributed by atoms with E-state index in [1.807, 2.05) is 12.1 Å². The lowest BCUT2D eigenvalue weighted by Gasteiger charge is -2.28. The zero-order valence-corrected chi connectivity index (χ0v) is 10.2. The summed E-state index contributed by atoms with van der Waals surface area (Å²) < 4.78 is 0.923. The van der Waals surface area contributed by atoms with Crippen LogP contribution >= 0.6 is 15.9 Å². The summed E-state index contributed by atoms with van der Waals surface area (Å²) in [6, 6.07) is 7.25. The van der Waals surface area contributed by atoms with Gasteiger partial charge in [-0.1, -0.05) is 41.9 Å². The molecule has 0 saturated heterocycles. The molecule has 1 rings (SSSR count). The topological polar surface area (TPSA) is 57.5 Å². The molecule has 0 spiro atoms. The van der Waals surface area contributed by atoms with E-state index in [9.17, 15) is 9.90 Å². The third kappa shape index (κ3) is 2.58. The van der Waals surface area contributed by atoms with Gasteiger partial charge in [0.15, 0.2) is 6.10 Å². The summed E-state index contributed by atoms with van der Waals surface area (Å²) in [7, 11) is 0. The highest BCUT2D eigenvalue weighted by Gasteiger charge is 2.34. The Morgan fingerprint density at radius 3 is 2.20 bits per heavy atom. The number of halogens is 1. The Morgan fingerprint density at radius 1 is 1.33 bits per heavy atom. The van der Waals surface area contributed by atoms with E-state index in [1.165, 1.54) is 0 Å². The van der Waals surface area contributed by atoms with Gasteiger partial charge in [-0.15, -0.1) is 0 Å². The monoisotopic (exact) mass is 272 g/mol. The number of aliphatic carboxylic acids is 1. The zero-order chi connectivity index (χ0) is 11.6. The lowest BCUT2D eigenvalue weighted by molar-refractivity contribution is -0.150. The average molecular weight is 273 g/mol. The Balaban J connectivity index is 3.05. The minimum atomic E-state index is -1.40. The van der Waals surface area contributed by atoms with Crippen LogP contribution in [0.1, 0.15) is 19.4 Å². The van der Waals surface area contributed by atoms with Crippen LogP contribution in [0, 0.1) is 0 Å². The number of carbonyl (C=O) groups is 1. The number of rotatable bonds is 3. The van der Waals surface area contributed by atoms with Gasteiger partial charge in [0, 0.05) is 9.89 Å². The van der Waals surface area contributed by atoms with Gasteiger partial charge in [0.2, 0.25) is 0 Å². The number of aliphatic hydroxyl groups excluding tert-OH is 1. The summed E-state index contributed by atoms with van der Waals surface area (Å²) in [6.07, 6.45) is -1.40. The van der Waals surface area contributed by atoms with Crippen LogP contribution in [-0.2, 0) is 10.2 Å². The van der Waals surface area contributed by atoms with Crippen LogP contribution in [0.15, 0.2) is 28.7 Å². The first-order valence-electron chi connectivity index (χ1n) is 4.52. The zero-order valence-electron chi connectivity index (χ0n) is 8.57. The lowest BCUT2D eigenvalue weighted by atomic mass is 9.79. The largest absolute Gasteiger partial charge is 0.479 e. The molecule has 0 fully saturated rings. The molecule has 3 nitrogen and oxygen atoms in total. The fourth-order valence-corrected chi connectivity index (χ4v) is 1.61. The van der Waals surface area contributed by atoms with Gasteiger partial charge in [0.05, 0.1) is 0 Å². The second kappa shape index (κ2) is 4.33. The Kier molecular flexibility index (Phi) is 3.52. The quantitative estimate of drug-likeness (QED) is 0.887. The molecule has 0 bridgehead atoms. The molecule has 1 aromatic carbocycles. The van der Waals surface area contributed by atoms with E-state index < -0.39 is 17.5 Å². The average Bonchev–Trinajstić information content (AvgIpc) is 2.17. The van der Waals surface area contributed by atoms with Crippen molar-refractivity contribution in [3.8, 4) is 0 Å². The Hall–Kier alpha value is -0.870. The van der Waals surface area contributed by atoms with Crippen LogP contribution in [0.25, 0.3) is 0 Å². The van der Waals surface area contributed by atoms with Gasteiger partial charge < -0.3 is 10.2 Å². The molecule has 1 aromatic rings. The number of benzene rings is 1. The Morgan fingerprint density at radius 2 is 1.80 bits per heavy atom. The third-order valence-corrected chi connectivity index (χ3v) is 3.03. The highest BCUT2D eigenvalue weighted by atomic mass is 79.9. The Labute approximate surface area is 96.9 Å². The maximum absolute atomic E-state index is 10.7. The maximum Gasteiger partial charge on any atom is 0.333 e. The van der Waals surface area contributed by atoms with Gasteiger partial charge in [-0.3, -0.25) is 0 Å². The van der Waals surface area contributed by atoms with Crippen LogP contribution in [0.4, 0.5) is 0 Å². The van der Waals surface area contributed by atoms with Crippen molar-refractivity contribution < 1.29 is 15.0 Å². The van der Waals surface area contributed by atoms with Crippen molar-refractivity contribution in [2.75, 3.05) is 0 Å². The van der Waals surface area contributed by atoms with Crippen LogP contribution in [-0.4, -0.2) is 22.3 Å². The number of aliphatic hydroxyl groups is 1. The molecule has 15 heavy (non-hydrogen) atoms. The van der Waals surface area contributed by atoms with E-state index in [0.29, 0.717) is 0 Å². The van der Waals surface area contributed by atoms with Crippen LogP contribution < -0.4 is 0 Å². The van der Waals surface area contributed by atoms with Crippen molar-refractivity contribution in [1.82, 2.24) is 0 Å². The molecule has 4 heteroatoms. The van der Waals surface area contributed by atoms with E-state index in [1.54, 1.807) is 26.0 Å². The number of hydrogen-bond acceptors (Lipinski definition) is 2. The first-order valence-corrected chi connectivity index (χ1v) is 5.32. The van der Waals surface area contributed by atoms with Crippen LogP contribution in [0.2, 0.25) is 0 Å². The molecule has 82 valence electrons. The third-order valence-electron chi connectivity index (χ3n) is 2.51. The molecule has 1 unspecified atom stereocenters. The van der Waals surface area contributed by atoms with E-state index in [0.717, 1.165) is 10.0 Å². The van der Waals surface area contributed by atoms with Crippen LogP contribution in [0.3, 0.4) is 0 Å². The molecule has 0 aliphatic rings.